The molecule has 0 saturated heterocycles. The van der Waals surface area contributed by atoms with Crippen LogP contribution < -0.4 is 5.32 Å². The number of hydrogen-bond acceptors (Lipinski definition) is 2. The zero-order valence-electron chi connectivity index (χ0n) is 10.4. The molecule has 0 radical (unpaired) electrons. The van der Waals surface area contributed by atoms with Gasteiger partial charge in [0.25, 0.3) is 0 Å². The lowest BCUT2D eigenvalue weighted by atomic mass is 10.1. The standard InChI is InChI=1S/C15H16ClNS/c1-2-10-4-3-5-11(8-10)17-13-6-7-14-12(13)9-15(16)18-14/h3-5,8-9,13,17H,2,6-7H2,1H3. The zero-order valence-corrected chi connectivity index (χ0v) is 11.9. The molecule has 1 aliphatic rings. The molecule has 0 spiro atoms. The molecule has 1 nitrogen and oxygen atoms in total. The van der Waals surface area contributed by atoms with Crippen molar-refractivity contribution < 1.29 is 0 Å². The first-order chi connectivity index (χ1) is 8.76. The van der Waals surface area contributed by atoms with Gasteiger partial charge in [-0.2, -0.15) is 0 Å². The van der Waals surface area contributed by atoms with Gasteiger partial charge in [-0.15, -0.1) is 11.3 Å². The van der Waals surface area contributed by atoms with Crippen LogP contribution in [0.1, 0.15) is 35.4 Å². The summed E-state index contributed by atoms with van der Waals surface area (Å²) in [5.74, 6) is 0. The van der Waals surface area contributed by atoms with Gasteiger partial charge in [0.2, 0.25) is 0 Å². The Bertz CT molecular complexity index is 561. The van der Waals surface area contributed by atoms with Crippen molar-refractivity contribution in [3.63, 3.8) is 0 Å². The van der Waals surface area contributed by atoms with Gasteiger partial charge in [0.15, 0.2) is 0 Å². The number of hydrogen-bond donors (Lipinski definition) is 1. The average Bonchev–Trinajstić information content (AvgIpc) is 2.90. The third-order valence-corrected chi connectivity index (χ3v) is 4.86. The van der Waals surface area contributed by atoms with Gasteiger partial charge in [0.05, 0.1) is 10.4 Å². The second-order valence-corrected chi connectivity index (χ2v) is 6.49. The van der Waals surface area contributed by atoms with Crippen molar-refractivity contribution in [3.8, 4) is 0 Å². The molecule has 1 aromatic carbocycles. The molecule has 18 heavy (non-hydrogen) atoms. The van der Waals surface area contributed by atoms with Crippen molar-refractivity contribution in [2.75, 3.05) is 5.32 Å². The first kappa shape index (κ1) is 12.1. The fourth-order valence-corrected chi connectivity index (χ4v) is 3.92. The van der Waals surface area contributed by atoms with Crippen LogP contribution in [0.25, 0.3) is 0 Å². The largest absolute Gasteiger partial charge is 0.378 e. The van der Waals surface area contributed by atoms with Crippen LogP contribution in [0.3, 0.4) is 0 Å². The summed E-state index contributed by atoms with van der Waals surface area (Å²) in [5.41, 5.74) is 3.99. The molecule has 0 bridgehead atoms. The predicted octanol–water partition coefficient (Wildman–Crippen LogP) is 5.06. The van der Waals surface area contributed by atoms with Gasteiger partial charge in [0, 0.05) is 10.6 Å². The number of fused-ring (bicyclic) bond motifs is 1. The summed E-state index contributed by atoms with van der Waals surface area (Å²) in [6, 6.07) is 11.2. The number of halogens is 1. The van der Waals surface area contributed by atoms with Gasteiger partial charge in [-0.3, -0.25) is 0 Å². The molecular formula is C15H16ClNS. The second-order valence-electron chi connectivity index (χ2n) is 4.72. The molecule has 1 N–H and O–H groups in total. The lowest BCUT2D eigenvalue weighted by molar-refractivity contribution is 0.762. The maximum Gasteiger partial charge on any atom is 0.0934 e. The molecule has 3 heteroatoms. The average molecular weight is 278 g/mol. The minimum Gasteiger partial charge on any atom is -0.378 e. The number of benzene rings is 1. The van der Waals surface area contributed by atoms with Crippen LogP contribution in [-0.2, 0) is 12.8 Å². The Morgan fingerprint density at radius 1 is 1.39 bits per heavy atom. The molecule has 1 unspecified atom stereocenters. The second kappa shape index (κ2) is 4.94. The molecule has 0 aliphatic heterocycles. The highest BCUT2D eigenvalue weighted by molar-refractivity contribution is 7.16. The maximum atomic E-state index is 6.09. The molecule has 0 saturated carbocycles. The summed E-state index contributed by atoms with van der Waals surface area (Å²) in [6.07, 6.45) is 3.41. The number of aryl methyl sites for hydroxylation is 2. The molecule has 1 atom stereocenters. The van der Waals surface area contributed by atoms with Gasteiger partial charge in [-0.1, -0.05) is 30.7 Å². The smallest absolute Gasteiger partial charge is 0.0934 e. The van der Waals surface area contributed by atoms with Gasteiger partial charge in [-0.05, 0) is 48.6 Å². The Labute approximate surface area is 117 Å². The summed E-state index contributed by atoms with van der Waals surface area (Å²) >= 11 is 7.81. The van der Waals surface area contributed by atoms with Crippen molar-refractivity contribution in [1.82, 2.24) is 0 Å². The van der Waals surface area contributed by atoms with E-state index >= 15 is 0 Å². The molecule has 1 heterocycles. The lowest BCUT2D eigenvalue weighted by Gasteiger charge is -2.15. The summed E-state index contributed by atoms with van der Waals surface area (Å²) < 4.78 is 0.911. The fraction of sp³-hybridized carbons (Fsp3) is 0.333. The Morgan fingerprint density at radius 3 is 3.11 bits per heavy atom. The molecule has 0 fully saturated rings. The minimum absolute atomic E-state index is 0.427. The van der Waals surface area contributed by atoms with Crippen molar-refractivity contribution in [1.29, 1.82) is 0 Å². The molecule has 1 aromatic heterocycles. The van der Waals surface area contributed by atoms with E-state index in [0.717, 1.165) is 17.2 Å². The molecule has 0 amide bonds. The van der Waals surface area contributed by atoms with E-state index in [4.69, 9.17) is 11.6 Å². The van der Waals surface area contributed by atoms with E-state index in [9.17, 15) is 0 Å². The number of anilines is 1. The summed E-state index contributed by atoms with van der Waals surface area (Å²) in [7, 11) is 0. The van der Waals surface area contributed by atoms with Crippen LogP contribution in [-0.4, -0.2) is 0 Å². The Balaban J connectivity index is 1.81. The molecule has 2 aromatic rings. The Kier molecular flexibility index (Phi) is 3.31. The normalized spacial score (nSPS) is 17.8. The van der Waals surface area contributed by atoms with E-state index in [-0.39, 0.29) is 0 Å². The number of thiophene rings is 1. The van der Waals surface area contributed by atoms with Crippen molar-refractivity contribution in [2.45, 2.75) is 32.2 Å². The topological polar surface area (TPSA) is 12.0 Å². The molecule has 3 rings (SSSR count). The fourth-order valence-electron chi connectivity index (χ4n) is 2.56. The van der Waals surface area contributed by atoms with Crippen molar-refractivity contribution >= 4 is 28.6 Å². The lowest BCUT2D eigenvalue weighted by Crippen LogP contribution is -2.06. The van der Waals surface area contributed by atoms with Crippen LogP contribution in [0.5, 0.6) is 0 Å². The first-order valence-corrected chi connectivity index (χ1v) is 7.59. The quantitative estimate of drug-likeness (QED) is 0.826. The van der Waals surface area contributed by atoms with E-state index in [1.54, 1.807) is 11.3 Å². The van der Waals surface area contributed by atoms with Gasteiger partial charge >= 0.3 is 0 Å². The number of nitrogens with one attached hydrogen (secondary N) is 1. The summed E-state index contributed by atoms with van der Waals surface area (Å²) in [6.45, 7) is 2.19. The van der Waals surface area contributed by atoms with E-state index in [0.29, 0.717) is 6.04 Å². The molecular weight excluding hydrogens is 262 g/mol. The first-order valence-electron chi connectivity index (χ1n) is 6.40. The highest BCUT2D eigenvalue weighted by atomic mass is 35.5. The van der Waals surface area contributed by atoms with Crippen LogP contribution in [0.15, 0.2) is 30.3 Å². The van der Waals surface area contributed by atoms with Crippen LogP contribution in [0.2, 0.25) is 4.34 Å². The Morgan fingerprint density at radius 2 is 2.28 bits per heavy atom. The summed E-state index contributed by atoms with van der Waals surface area (Å²) in [5, 5.41) is 3.63. The van der Waals surface area contributed by atoms with Crippen molar-refractivity contribution in [2.24, 2.45) is 0 Å². The van der Waals surface area contributed by atoms with E-state index in [1.807, 2.05) is 0 Å². The van der Waals surface area contributed by atoms with E-state index in [1.165, 1.54) is 28.1 Å². The van der Waals surface area contributed by atoms with Gasteiger partial charge < -0.3 is 5.32 Å². The maximum absolute atomic E-state index is 6.09. The van der Waals surface area contributed by atoms with E-state index in [2.05, 4.69) is 42.6 Å². The minimum atomic E-state index is 0.427. The van der Waals surface area contributed by atoms with Crippen LogP contribution >= 0.6 is 22.9 Å². The molecule has 1 aliphatic carbocycles. The van der Waals surface area contributed by atoms with Gasteiger partial charge in [0.1, 0.15) is 0 Å². The third kappa shape index (κ3) is 2.27. The Hall–Kier alpha value is -0.990. The van der Waals surface area contributed by atoms with Crippen molar-refractivity contribution in [3.05, 3.63) is 50.7 Å². The third-order valence-electron chi connectivity index (χ3n) is 3.52. The summed E-state index contributed by atoms with van der Waals surface area (Å²) in [4.78, 5) is 1.45. The van der Waals surface area contributed by atoms with Crippen LogP contribution in [0.4, 0.5) is 5.69 Å². The number of rotatable bonds is 3. The zero-order chi connectivity index (χ0) is 12.5. The van der Waals surface area contributed by atoms with E-state index < -0.39 is 0 Å². The monoisotopic (exact) mass is 277 g/mol. The van der Waals surface area contributed by atoms with Crippen LogP contribution in [0, 0.1) is 0 Å². The molecule has 94 valence electrons. The predicted molar refractivity (Wildman–Crippen MR) is 79.8 cm³/mol. The highest BCUT2D eigenvalue weighted by Gasteiger charge is 2.24. The van der Waals surface area contributed by atoms with Gasteiger partial charge in [-0.25, -0.2) is 0 Å². The SMILES string of the molecule is CCc1cccc(NC2CCc3sc(Cl)cc32)c1. The highest BCUT2D eigenvalue weighted by Crippen LogP contribution is 2.40.